The van der Waals surface area contributed by atoms with Crippen molar-refractivity contribution < 1.29 is 19.1 Å². The minimum Gasteiger partial charge on any atom is -0.480 e. The number of nitrogens with one attached hydrogen (secondary N) is 1. The van der Waals surface area contributed by atoms with Crippen LogP contribution < -0.4 is 5.32 Å². The molecule has 2 N–H and O–H groups in total. The average Bonchev–Trinajstić information content (AvgIpc) is 3.09. The Bertz CT molecular complexity index is 1400. The van der Waals surface area contributed by atoms with Crippen LogP contribution in [0.2, 0.25) is 0 Å². The highest BCUT2D eigenvalue weighted by atomic mass is 35.5. The molecule has 1 fully saturated rings. The summed E-state index contributed by atoms with van der Waals surface area (Å²) in [6.45, 7) is 1.76. The molecule has 35 heavy (non-hydrogen) atoms. The predicted molar refractivity (Wildman–Crippen MR) is 136 cm³/mol. The highest BCUT2D eigenvalue weighted by Crippen LogP contribution is 2.40. The van der Waals surface area contributed by atoms with Gasteiger partial charge < -0.3 is 15.0 Å². The van der Waals surface area contributed by atoms with Crippen LogP contribution in [0.5, 0.6) is 0 Å². The molecule has 0 radical (unpaired) electrons. The van der Waals surface area contributed by atoms with Crippen LogP contribution in [0.1, 0.15) is 53.2 Å². The van der Waals surface area contributed by atoms with Gasteiger partial charge in [0.1, 0.15) is 12.4 Å². The van der Waals surface area contributed by atoms with Gasteiger partial charge in [-0.15, -0.1) is 12.4 Å². The zero-order valence-electron chi connectivity index (χ0n) is 19.3. The van der Waals surface area contributed by atoms with E-state index in [4.69, 9.17) is 0 Å². The number of amides is 1. The summed E-state index contributed by atoms with van der Waals surface area (Å²) in [5.41, 5.74) is 4.06. The molecule has 2 aromatic heterocycles. The highest BCUT2D eigenvalue weighted by molar-refractivity contribution is 6.06. The lowest BCUT2D eigenvalue weighted by atomic mass is 9.80. The van der Waals surface area contributed by atoms with Crippen molar-refractivity contribution in [3.8, 4) is 0 Å². The van der Waals surface area contributed by atoms with E-state index in [2.05, 4.69) is 10.3 Å². The average molecular weight is 496 g/mol. The van der Waals surface area contributed by atoms with Crippen LogP contribution in [0.15, 0.2) is 54.7 Å². The zero-order chi connectivity index (χ0) is 23.8. The van der Waals surface area contributed by atoms with Gasteiger partial charge in [-0.25, -0.2) is 4.39 Å². The molecule has 182 valence electrons. The predicted octanol–water partition coefficient (Wildman–Crippen LogP) is 5.60. The van der Waals surface area contributed by atoms with Crippen LogP contribution in [0.4, 0.5) is 4.39 Å². The molecule has 5 rings (SSSR count). The van der Waals surface area contributed by atoms with Crippen LogP contribution in [-0.2, 0) is 11.3 Å². The number of carboxylic acid groups (broad SMARTS) is 1. The van der Waals surface area contributed by atoms with E-state index in [9.17, 15) is 19.1 Å². The summed E-state index contributed by atoms with van der Waals surface area (Å²) in [5.74, 6) is -1.16. The molecule has 1 aliphatic rings. The zero-order valence-corrected chi connectivity index (χ0v) is 20.1. The lowest BCUT2D eigenvalue weighted by Crippen LogP contribution is -2.37. The van der Waals surface area contributed by atoms with Crippen LogP contribution in [-0.4, -0.2) is 32.6 Å². The Hall–Kier alpha value is -3.45. The molecule has 8 heteroatoms. The van der Waals surface area contributed by atoms with E-state index in [1.807, 2.05) is 31.2 Å². The molecular formula is C27H27ClFN3O3. The number of aromatic nitrogens is 2. The minimum atomic E-state index is -0.925. The van der Waals surface area contributed by atoms with E-state index in [0.717, 1.165) is 58.7 Å². The Morgan fingerprint density at radius 1 is 1.09 bits per heavy atom. The van der Waals surface area contributed by atoms with Crippen molar-refractivity contribution in [2.75, 3.05) is 0 Å². The van der Waals surface area contributed by atoms with Gasteiger partial charge in [0.25, 0.3) is 5.91 Å². The number of rotatable bonds is 5. The number of carbonyl (C=O) groups is 2. The number of nitrogens with zero attached hydrogens (tertiary/aromatic N) is 2. The first-order valence-corrected chi connectivity index (χ1v) is 11.6. The molecule has 2 aromatic carbocycles. The van der Waals surface area contributed by atoms with E-state index >= 15 is 0 Å². The van der Waals surface area contributed by atoms with Crippen LogP contribution in [0.3, 0.4) is 0 Å². The number of aliphatic carboxylic acids is 1. The summed E-state index contributed by atoms with van der Waals surface area (Å²) in [6.07, 6.45) is 4.94. The maximum atomic E-state index is 14.1. The number of carbonyl (C=O) groups excluding carboxylic acids is 1. The fourth-order valence-corrected chi connectivity index (χ4v) is 5.42. The molecule has 0 unspecified atom stereocenters. The number of fused-ring (bicyclic) bond motifs is 2. The molecule has 0 saturated heterocycles. The summed E-state index contributed by atoms with van der Waals surface area (Å²) >= 11 is 0. The largest absolute Gasteiger partial charge is 0.480 e. The van der Waals surface area contributed by atoms with Crippen molar-refractivity contribution >= 4 is 46.1 Å². The molecule has 0 aliphatic heterocycles. The monoisotopic (exact) mass is 495 g/mol. The third-order valence-electron chi connectivity index (χ3n) is 6.99. The Morgan fingerprint density at radius 3 is 2.57 bits per heavy atom. The van der Waals surface area contributed by atoms with Gasteiger partial charge in [-0.1, -0.05) is 18.2 Å². The molecule has 0 atom stereocenters. The molecule has 2 heterocycles. The van der Waals surface area contributed by atoms with Gasteiger partial charge in [-0.05, 0) is 74.4 Å². The summed E-state index contributed by atoms with van der Waals surface area (Å²) in [7, 11) is 0. The number of halogens is 2. The van der Waals surface area contributed by atoms with Crippen molar-refractivity contribution in [2.24, 2.45) is 0 Å². The number of benzene rings is 2. The highest BCUT2D eigenvalue weighted by Gasteiger charge is 2.29. The lowest BCUT2D eigenvalue weighted by Gasteiger charge is -2.30. The molecule has 0 spiro atoms. The van der Waals surface area contributed by atoms with Crippen molar-refractivity contribution in [2.45, 2.75) is 51.1 Å². The fourth-order valence-electron chi connectivity index (χ4n) is 5.42. The normalized spacial score (nSPS) is 17.8. The number of hydrogen-bond acceptors (Lipinski definition) is 3. The van der Waals surface area contributed by atoms with E-state index in [1.165, 1.54) is 12.1 Å². The lowest BCUT2D eigenvalue weighted by molar-refractivity contribution is -0.137. The fraction of sp³-hybridized carbons (Fsp3) is 0.296. The summed E-state index contributed by atoms with van der Waals surface area (Å²) in [5, 5.41) is 14.2. The Morgan fingerprint density at radius 2 is 1.83 bits per heavy atom. The van der Waals surface area contributed by atoms with E-state index in [1.54, 1.807) is 22.9 Å². The minimum absolute atomic E-state index is 0. The maximum Gasteiger partial charge on any atom is 0.323 e. The van der Waals surface area contributed by atoms with Crippen molar-refractivity contribution in [1.82, 2.24) is 14.9 Å². The van der Waals surface area contributed by atoms with Gasteiger partial charge in [0.15, 0.2) is 0 Å². The Balaban J connectivity index is 0.00000289. The van der Waals surface area contributed by atoms with Gasteiger partial charge in [0, 0.05) is 34.2 Å². The van der Waals surface area contributed by atoms with Crippen molar-refractivity contribution in [3.63, 3.8) is 0 Å². The third kappa shape index (κ3) is 4.73. The van der Waals surface area contributed by atoms with Crippen molar-refractivity contribution in [3.05, 3.63) is 77.4 Å². The van der Waals surface area contributed by atoms with Crippen LogP contribution in [0.25, 0.3) is 21.8 Å². The summed E-state index contributed by atoms with van der Waals surface area (Å²) in [6, 6.07) is 14.0. The van der Waals surface area contributed by atoms with E-state index in [-0.39, 0.29) is 42.6 Å². The van der Waals surface area contributed by atoms with E-state index in [0.29, 0.717) is 5.56 Å². The van der Waals surface area contributed by atoms with Gasteiger partial charge in [-0.2, -0.15) is 0 Å². The molecule has 0 bridgehead atoms. The topological polar surface area (TPSA) is 84.2 Å². The first kappa shape index (κ1) is 24.7. The van der Waals surface area contributed by atoms with Gasteiger partial charge in [0.05, 0.1) is 11.1 Å². The maximum absolute atomic E-state index is 14.1. The first-order chi connectivity index (χ1) is 16.4. The summed E-state index contributed by atoms with van der Waals surface area (Å²) in [4.78, 5) is 28.8. The molecule has 1 amide bonds. The number of para-hydroxylation sites is 1. The Labute approximate surface area is 208 Å². The Kier molecular flexibility index (Phi) is 7.08. The van der Waals surface area contributed by atoms with E-state index < -0.39 is 5.97 Å². The van der Waals surface area contributed by atoms with Gasteiger partial charge in [0.2, 0.25) is 0 Å². The smallest absolute Gasteiger partial charge is 0.323 e. The molecule has 4 aromatic rings. The molecule has 1 aliphatic carbocycles. The number of pyridine rings is 1. The third-order valence-corrected chi connectivity index (χ3v) is 6.99. The first-order valence-electron chi connectivity index (χ1n) is 11.6. The van der Waals surface area contributed by atoms with Gasteiger partial charge >= 0.3 is 5.97 Å². The summed E-state index contributed by atoms with van der Waals surface area (Å²) < 4.78 is 15.8. The number of carboxylic acids is 1. The number of hydrogen-bond donors (Lipinski definition) is 2. The van der Waals surface area contributed by atoms with Crippen LogP contribution >= 0.6 is 12.4 Å². The van der Waals surface area contributed by atoms with Gasteiger partial charge in [-0.3, -0.25) is 14.6 Å². The molecule has 1 saturated carbocycles. The molecular weight excluding hydrogens is 469 g/mol. The second-order valence-electron chi connectivity index (χ2n) is 9.04. The standard InChI is InChI=1S/C27H26FN3O3.ClH/c1-16-26(22-14-18(28)8-11-24(22)31(16)15-25(32)33)17-6-9-19(10-7-17)30-27(34)21-12-13-29-23-5-3-2-4-20(21)23;/h2-5,8,11-14,17,19H,6-7,9-10,15H2,1H3,(H,30,34)(H,32,33);1H. The van der Waals surface area contributed by atoms with Crippen LogP contribution in [0, 0.1) is 12.7 Å². The second kappa shape index (κ2) is 10.0. The molecule has 6 nitrogen and oxygen atoms in total. The quantitative estimate of drug-likeness (QED) is 0.377. The SMILES string of the molecule is Cc1c(C2CCC(NC(=O)c3ccnc4ccccc34)CC2)c2cc(F)ccc2n1CC(=O)O.Cl. The van der Waals surface area contributed by atoms with Crippen molar-refractivity contribution in [1.29, 1.82) is 0 Å². The second-order valence-corrected chi connectivity index (χ2v) is 9.04.